The number of para-hydroxylation sites is 1. The third-order valence-corrected chi connectivity index (χ3v) is 6.51. The van der Waals surface area contributed by atoms with Gasteiger partial charge in [0.15, 0.2) is 0 Å². The molecule has 0 aromatic heterocycles. The fraction of sp³-hybridized carbons (Fsp3) is 0.708. The van der Waals surface area contributed by atoms with Gasteiger partial charge in [-0.05, 0) is 62.0 Å². The van der Waals surface area contributed by atoms with Crippen molar-refractivity contribution in [1.29, 1.82) is 0 Å². The second-order valence-corrected chi connectivity index (χ2v) is 9.15. The summed E-state index contributed by atoms with van der Waals surface area (Å²) >= 11 is 5.99. The van der Waals surface area contributed by atoms with E-state index in [2.05, 4.69) is 59.7 Å². The van der Waals surface area contributed by atoms with Crippen LogP contribution in [0.2, 0.25) is 0 Å². The van der Waals surface area contributed by atoms with E-state index in [0.29, 0.717) is 24.4 Å². The largest absolute Gasteiger partial charge is 0.376 e. The van der Waals surface area contributed by atoms with Crippen LogP contribution in [0.3, 0.4) is 0 Å². The first-order valence-corrected chi connectivity index (χ1v) is 11.4. The van der Waals surface area contributed by atoms with E-state index >= 15 is 0 Å². The molecule has 0 N–H and O–H groups in total. The van der Waals surface area contributed by atoms with Crippen LogP contribution in [0.1, 0.15) is 65.0 Å². The van der Waals surface area contributed by atoms with Crippen molar-refractivity contribution in [1.82, 2.24) is 0 Å². The van der Waals surface area contributed by atoms with Crippen LogP contribution in [-0.4, -0.2) is 30.5 Å². The maximum Gasteiger partial charge on any atom is 0.242 e. The number of amides is 1. The zero-order valence-electron chi connectivity index (χ0n) is 18.5. The van der Waals surface area contributed by atoms with Crippen molar-refractivity contribution in [3.05, 3.63) is 29.3 Å². The molecule has 4 atom stereocenters. The number of hydrogen-bond donors (Lipinski definition) is 0. The highest BCUT2D eigenvalue weighted by atomic mass is 35.5. The Bertz CT molecular complexity index is 645. The normalized spacial score (nSPS) is 23.6. The first-order chi connectivity index (χ1) is 13.3. The summed E-state index contributed by atoms with van der Waals surface area (Å²) in [6, 6.07) is 6.16. The second kappa shape index (κ2) is 10.6. The van der Waals surface area contributed by atoms with Gasteiger partial charge in [-0.2, -0.15) is 0 Å². The molecular weight excluding hydrogens is 370 g/mol. The molecule has 0 saturated heterocycles. The van der Waals surface area contributed by atoms with E-state index in [4.69, 9.17) is 16.3 Å². The lowest BCUT2D eigenvalue weighted by Gasteiger charge is -2.39. The first-order valence-electron chi connectivity index (χ1n) is 10.9. The molecule has 0 aliphatic heterocycles. The van der Waals surface area contributed by atoms with Crippen molar-refractivity contribution in [2.24, 2.45) is 17.8 Å². The molecule has 0 heterocycles. The zero-order chi connectivity index (χ0) is 20.8. The molecule has 1 aliphatic rings. The smallest absolute Gasteiger partial charge is 0.242 e. The van der Waals surface area contributed by atoms with Gasteiger partial charge in [0.2, 0.25) is 5.91 Å². The van der Waals surface area contributed by atoms with Crippen LogP contribution in [0.25, 0.3) is 0 Å². The number of carbonyl (C=O) groups excluding carboxylic acids is 1. The Hall–Kier alpha value is -1.06. The maximum absolute atomic E-state index is 12.8. The predicted octanol–water partition coefficient (Wildman–Crippen LogP) is 6.00. The summed E-state index contributed by atoms with van der Waals surface area (Å²) in [7, 11) is 0. The Labute approximate surface area is 176 Å². The molecule has 28 heavy (non-hydrogen) atoms. The summed E-state index contributed by atoms with van der Waals surface area (Å²) in [6.07, 6.45) is 4.80. The number of aryl methyl sites for hydroxylation is 2. The molecule has 4 heteroatoms. The molecule has 1 aromatic rings. The number of alkyl halides is 1. The summed E-state index contributed by atoms with van der Waals surface area (Å²) in [6.45, 7) is 13.7. The zero-order valence-corrected chi connectivity index (χ0v) is 19.3. The molecule has 1 aromatic carbocycles. The summed E-state index contributed by atoms with van der Waals surface area (Å²) in [5.41, 5.74) is 3.29. The molecule has 158 valence electrons. The van der Waals surface area contributed by atoms with E-state index in [1.807, 2.05) is 4.90 Å². The van der Waals surface area contributed by atoms with Crippen LogP contribution in [0.5, 0.6) is 0 Å². The molecule has 1 aliphatic carbocycles. The van der Waals surface area contributed by atoms with Crippen molar-refractivity contribution in [2.75, 3.05) is 17.4 Å². The fourth-order valence-electron chi connectivity index (χ4n) is 4.65. The van der Waals surface area contributed by atoms with Gasteiger partial charge in [0.1, 0.15) is 5.88 Å². The molecule has 1 fully saturated rings. The molecule has 0 spiro atoms. The van der Waals surface area contributed by atoms with Crippen LogP contribution >= 0.6 is 11.6 Å². The molecule has 3 nitrogen and oxygen atoms in total. The molecule has 2 rings (SSSR count). The van der Waals surface area contributed by atoms with E-state index in [-0.39, 0.29) is 23.9 Å². The van der Waals surface area contributed by atoms with Crippen molar-refractivity contribution < 1.29 is 9.53 Å². The number of benzene rings is 1. The molecule has 1 amide bonds. The number of ether oxygens (including phenoxy) is 1. The van der Waals surface area contributed by atoms with E-state index in [1.165, 1.54) is 18.4 Å². The van der Waals surface area contributed by atoms with Gasteiger partial charge >= 0.3 is 0 Å². The summed E-state index contributed by atoms with van der Waals surface area (Å²) in [5, 5.41) is 0. The van der Waals surface area contributed by atoms with Crippen molar-refractivity contribution in [3.63, 3.8) is 0 Å². The maximum atomic E-state index is 12.8. The van der Waals surface area contributed by atoms with Crippen LogP contribution in [-0.2, 0) is 16.0 Å². The van der Waals surface area contributed by atoms with Crippen molar-refractivity contribution in [2.45, 2.75) is 79.4 Å². The lowest BCUT2D eigenvalue weighted by Crippen LogP contribution is -2.45. The molecular formula is C24H38ClNO2. The quantitative estimate of drug-likeness (QED) is 0.495. The lowest BCUT2D eigenvalue weighted by atomic mass is 9.75. The molecule has 4 unspecified atom stereocenters. The topological polar surface area (TPSA) is 29.5 Å². The summed E-state index contributed by atoms with van der Waals surface area (Å²) in [4.78, 5) is 14.7. The summed E-state index contributed by atoms with van der Waals surface area (Å²) < 4.78 is 6.46. The highest BCUT2D eigenvalue weighted by Crippen LogP contribution is 2.36. The van der Waals surface area contributed by atoms with E-state index in [0.717, 1.165) is 24.1 Å². The van der Waals surface area contributed by atoms with E-state index in [9.17, 15) is 4.79 Å². The van der Waals surface area contributed by atoms with Crippen molar-refractivity contribution >= 4 is 23.2 Å². The SMILES string of the molecule is CCc1cccc(C)c1N(C(=O)CCl)C(C)COC1CC(C)CCC1C(C)C. The Morgan fingerprint density at radius 2 is 2.00 bits per heavy atom. The van der Waals surface area contributed by atoms with Gasteiger partial charge in [-0.25, -0.2) is 0 Å². The Morgan fingerprint density at radius 1 is 1.29 bits per heavy atom. The number of anilines is 1. The van der Waals surface area contributed by atoms with Crippen LogP contribution in [0.4, 0.5) is 5.69 Å². The van der Waals surface area contributed by atoms with Gasteiger partial charge in [-0.15, -0.1) is 11.6 Å². The molecule has 0 bridgehead atoms. The minimum Gasteiger partial charge on any atom is -0.376 e. The number of halogens is 1. The highest BCUT2D eigenvalue weighted by Gasteiger charge is 2.33. The standard InChI is InChI=1S/C24H38ClNO2/c1-7-20-10-8-9-18(5)24(20)26(23(27)14-25)19(6)15-28-22-13-17(4)11-12-21(22)16(2)3/h8-10,16-17,19,21-22H,7,11-15H2,1-6H3. The number of rotatable bonds is 8. The van der Waals surface area contributed by atoms with Crippen LogP contribution in [0, 0.1) is 24.7 Å². The second-order valence-electron chi connectivity index (χ2n) is 8.88. The van der Waals surface area contributed by atoms with Gasteiger partial charge in [0.25, 0.3) is 0 Å². The molecule has 1 saturated carbocycles. The highest BCUT2D eigenvalue weighted by molar-refractivity contribution is 6.29. The number of nitrogens with zero attached hydrogens (tertiary/aromatic N) is 1. The average molecular weight is 408 g/mol. The number of carbonyl (C=O) groups is 1. The minimum absolute atomic E-state index is 0.0170. The number of hydrogen-bond acceptors (Lipinski definition) is 2. The Morgan fingerprint density at radius 3 is 2.61 bits per heavy atom. The average Bonchev–Trinajstić information content (AvgIpc) is 2.67. The summed E-state index contributed by atoms with van der Waals surface area (Å²) in [5.74, 6) is 1.86. The van der Waals surface area contributed by atoms with E-state index in [1.54, 1.807) is 0 Å². The molecule has 0 radical (unpaired) electrons. The third kappa shape index (κ3) is 5.51. The Kier molecular flexibility index (Phi) is 8.82. The van der Waals surface area contributed by atoms with Crippen LogP contribution in [0.15, 0.2) is 18.2 Å². The van der Waals surface area contributed by atoms with Crippen molar-refractivity contribution in [3.8, 4) is 0 Å². The van der Waals surface area contributed by atoms with Gasteiger partial charge < -0.3 is 9.64 Å². The van der Waals surface area contributed by atoms with Gasteiger partial charge in [0.05, 0.1) is 24.4 Å². The lowest BCUT2D eigenvalue weighted by molar-refractivity contribution is -0.117. The van der Waals surface area contributed by atoms with Crippen LogP contribution < -0.4 is 4.90 Å². The monoisotopic (exact) mass is 407 g/mol. The van der Waals surface area contributed by atoms with Gasteiger partial charge in [0, 0.05) is 0 Å². The van der Waals surface area contributed by atoms with E-state index < -0.39 is 0 Å². The Balaban J connectivity index is 2.20. The third-order valence-electron chi connectivity index (χ3n) is 6.28. The first kappa shape index (κ1) is 23.2. The van der Waals surface area contributed by atoms with Gasteiger partial charge in [-0.1, -0.05) is 52.3 Å². The van der Waals surface area contributed by atoms with Gasteiger partial charge in [-0.3, -0.25) is 4.79 Å². The fourth-order valence-corrected chi connectivity index (χ4v) is 4.78. The predicted molar refractivity (Wildman–Crippen MR) is 119 cm³/mol. The minimum atomic E-state index is -0.0563.